The molecule has 0 heterocycles. The number of nitrogens with two attached hydrogens (primary N) is 1. The molecule has 0 aliphatic heterocycles. The van der Waals surface area contributed by atoms with Gasteiger partial charge in [-0.1, -0.05) is 18.2 Å². The van der Waals surface area contributed by atoms with Crippen molar-refractivity contribution in [3.8, 4) is 17.6 Å². The van der Waals surface area contributed by atoms with E-state index in [1.165, 1.54) is 13.3 Å². The van der Waals surface area contributed by atoms with E-state index in [0.29, 0.717) is 22.6 Å². The summed E-state index contributed by atoms with van der Waals surface area (Å²) in [6, 6.07) is 13.8. The van der Waals surface area contributed by atoms with Gasteiger partial charge in [-0.25, -0.2) is 10.2 Å². The van der Waals surface area contributed by atoms with Crippen LogP contribution in [-0.2, 0) is 6.61 Å². The number of urea groups is 1. The number of nitrogens with one attached hydrogen (secondary N) is 1. The van der Waals surface area contributed by atoms with E-state index in [2.05, 4.69) is 16.6 Å². The fourth-order valence-corrected chi connectivity index (χ4v) is 1.96. The lowest BCUT2D eigenvalue weighted by Gasteiger charge is -2.12. The molecule has 24 heavy (non-hydrogen) atoms. The Bertz CT molecular complexity index is 797. The molecular weight excluding hydrogens is 308 g/mol. The van der Waals surface area contributed by atoms with Crippen molar-refractivity contribution in [2.24, 2.45) is 10.8 Å². The number of benzene rings is 2. The molecule has 0 radical (unpaired) electrons. The number of primary amides is 1. The highest BCUT2D eigenvalue weighted by Gasteiger charge is 2.07. The number of nitriles is 1. The Hall–Kier alpha value is -3.53. The van der Waals surface area contributed by atoms with Crippen molar-refractivity contribution in [3.05, 3.63) is 59.2 Å². The zero-order chi connectivity index (χ0) is 17.4. The zero-order valence-electron chi connectivity index (χ0n) is 13.0. The minimum absolute atomic E-state index is 0.247. The average Bonchev–Trinajstić information content (AvgIpc) is 2.60. The maximum atomic E-state index is 10.6. The molecule has 7 heteroatoms. The van der Waals surface area contributed by atoms with E-state index in [4.69, 9.17) is 20.5 Å². The summed E-state index contributed by atoms with van der Waals surface area (Å²) in [4.78, 5) is 10.6. The SMILES string of the molecule is COc1cc(/C=N\NC(N)=O)ccc1OCc1ccccc1C#N. The summed E-state index contributed by atoms with van der Waals surface area (Å²) in [7, 11) is 1.52. The van der Waals surface area contributed by atoms with Crippen LogP contribution in [0.25, 0.3) is 0 Å². The molecule has 0 aliphatic carbocycles. The highest BCUT2D eigenvalue weighted by atomic mass is 16.5. The van der Waals surface area contributed by atoms with Gasteiger partial charge in [0.25, 0.3) is 0 Å². The van der Waals surface area contributed by atoms with Gasteiger partial charge < -0.3 is 15.2 Å². The van der Waals surface area contributed by atoms with Crippen LogP contribution in [0.5, 0.6) is 11.5 Å². The number of ether oxygens (including phenoxy) is 2. The van der Waals surface area contributed by atoms with Gasteiger partial charge >= 0.3 is 6.03 Å². The smallest absolute Gasteiger partial charge is 0.332 e. The van der Waals surface area contributed by atoms with Gasteiger partial charge in [-0.3, -0.25) is 0 Å². The van der Waals surface area contributed by atoms with Crippen LogP contribution in [0.3, 0.4) is 0 Å². The van der Waals surface area contributed by atoms with E-state index in [9.17, 15) is 4.79 Å². The second kappa shape index (κ2) is 8.19. The number of rotatable bonds is 6. The molecule has 0 spiro atoms. The van der Waals surface area contributed by atoms with Crippen LogP contribution < -0.4 is 20.6 Å². The minimum Gasteiger partial charge on any atom is -0.493 e. The van der Waals surface area contributed by atoms with Crippen molar-refractivity contribution in [3.63, 3.8) is 0 Å². The molecule has 0 unspecified atom stereocenters. The summed E-state index contributed by atoms with van der Waals surface area (Å²) in [5.41, 5.74) is 9.09. The quantitative estimate of drug-likeness (QED) is 0.626. The molecule has 7 nitrogen and oxygen atoms in total. The van der Waals surface area contributed by atoms with Crippen LogP contribution in [0.2, 0.25) is 0 Å². The van der Waals surface area contributed by atoms with Crippen LogP contribution in [0.15, 0.2) is 47.6 Å². The molecule has 0 aliphatic rings. The van der Waals surface area contributed by atoms with E-state index in [1.807, 2.05) is 12.1 Å². The molecule has 3 N–H and O–H groups in total. The predicted octanol–water partition coefficient (Wildman–Crippen LogP) is 2.15. The van der Waals surface area contributed by atoms with Crippen LogP contribution in [-0.4, -0.2) is 19.4 Å². The number of amides is 2. The van der Waals surface area contributed by atoms with Crippen molar-refractivity contribution in [2.45, 2.75) is 6.61 Å². The van der Waals surface area contributed by atoms with Gasteiger partial charge in [-0.15, -0.1) is 0 Å². The maximum absolute atomic E-state index is 10.6. The summed E-state index contributed by atoms with van der Waals surface area (Å²) in [6.07, 6.45) is 1.43. The van der Waals surface area contributed by atoms with Gasteiger partial charge in [0, 0.05) is 5.56 Å². The van der Waals surface area contributed by atoms with Gasteiger partial charge in [0.15, 0.2) is 11.5 Å². The molecule has 0 atom stereocenters. The first-order valence-electron chi connectivity index (χ1n) is 7.01. The predicted molar refractivity (Wildman–Crippen MR) is 88.8 cm³/mol. The normalized spacial score (nSPS) is 10.2. The number of methoxy groups -OCH3 is 1. The van der Waals surface area contributed by atoms with Crippen LogP contribution in [0.4, 0.5) is 4.79 Å². The second-order valence-corrected chi connectivity index (χ2v) is 4.70. The number of carbonyl (C=O) groups is 1. The Labute approximate surface area is 139 Å². The van der Waals surface area contributed by atoms with Gasteiger partial charge in [-0.05, 0) is 29.8 Å². The fourth-order valence-electron chi connectivity index (χ4n) is 1.96. The summed E-state index contributed by atoms with van der Waals surface area (Å²) in [5, 5.41) is 12.8. The third kappa shape index (κ3) is 4.48. The minimum atomic E-state index is -0.741. The van der Waals surface area contributed by atoms with E-state index in [-0.39, 0.29) is 6.61 Å². The number of carbonyl (C=O) groups excluding carboxylic acids is 1. The number of nitrogens with zero attached hydrogens (tertiary/aromatic N) is 2. The Balaban J connectivity index is 2.12. The molecule has 122 valence electrons. The third-order valence-corrected chi connectivity index (χ3v) is 3.10. The van der Waals surface area contributed by atoms with Gasteiger partial charge in [0.2, 0.25) is 0 Å². The second-order valence-electron chi connectivity index (χ2n) is 4.70. The lowest BCUT2D eigenvalue weighted by molar-refractivity contribution is 0.249. The first-order valence-corrected chi connectivity index (χ1v) is 7.01. The summed E-state index contributed by atoms with van der Waals surface area (Å²) < 4.78 is 11.0. The largest absolute Gasteiger partial charge is 0.493 e. The van der Waals surface area contributed by atoms with Crippen molar-refractivity contribution in [1.82, 2.24) is 5.43 Å². The lowest BCUT2D eigenvalue weighted by atomic mass is 10.1. The summed E-state index contributed by atoms with van der Waals surface area (Å²) in [6.45, 7) is 0.247. The molecule has 0 saturated heterocycles. The Morgan fingerprint density at radius 1 is 1.33 bits per heavy atom. The van der Waals surface area contributed by atoms with Crippen LogP contribution >= 0.6 is 0 Å². The number of hydrogen-bond acceptors (Lipinski definition) is 5. The van der Waals surface area contributed by atoms with Gasteiger partial charge in [0.1, 0.15) is 6.61 Å². The monoisotopic (exact) mass is 324 g/mol. The first kappa shape index (κ1) is 16.8. The maximum Gasteiger partial charge on any atom is 0.332 e. The van der Waals surface area contributed by atoms with Crippen molar-refractivity contribution in [2.75, 3.05) is 7.11 Å². The Morgan fingerprint density at radius 2 is 2.12 bits per heavy atom. The first-order chi connectivity index (χ1) is 11.6. The van der Waals surface area contributed by atoms with Crippen molar-refractivity contribution in [1.29, 1.82) is 5.26 Å². The topological polar surface area (TPSA) is 110 Å². The Morgan fingerprint density at radius 3 is 2.83 bits per heavy atom. The number of hydrazone groups is 1. The molecule has 0 bridgehead atoms. The highest BCUT2D eigenvalue weighted by Crippen LogP contribution is 2.28. The van der Waals surface area contributed by atoms with E-state index in [0.717, 1.165) is 5.56 Å². The molecule has 2 rings (SSSR count). The van der Waals surface area contributed by atoms with Gasteiger partial charge in [-0.2, -0.15) is 10.4 Å². The zero-order valence-corrected chi connectivity index (χ0v) is 13.0. The van der Waals surface area contributed by atoms with E-state index >= 15 is 0 Å². The van der Waals surface area contributed by atoms with Crippen LogP contribution in [0, 0.1) is 11.3 Å². The highest BCUT2D eigenvalue weighted by molar-refractivity contribution is 5.82. The standard InChI is InChI=1S/C17H16N4O3/c1-23-16-8-12(10-20-21-17(19)22)6-7-15(16)24-11-14-5-3-2-4-13(14)9-18/h2-8,10H,11H2,1H3,(H3,19,21,22)/b20-10-. The molecule has 0 aromatic heterocycles. The molecule has 0 fully saturated rings. The molecule has 0 saturated carbocycles. The molecule has 2 aromatic carbocycles. The summed E-state index contributed by atoms with van der Waals surface area (Å²) in [5.74, 6) is 1.04. The fraction of sp³-hybridized carbons (Fsp3) is 0.118. The molecular formula is C17H16N4O3. The van der Waals surface area contributed by atoms with Crippen molar-refractivity contribution < 1.29 is 14.3 Å². The average molecular weight is 324 g/mol. The number of hydrogen-bond donors (Lipinski definition) is 2. The molecule has 2 aromatic rings. The molecule has 2 amide bonds. The Kier molecular flexibility index (Phi) is 5.75. The van der Waals surface area contributed by atoms with Crippen LogP contribution in [0.1, 0.15) is 16.7 Å². The van der Waals surface area contributed by atoms with Crippen molar-refractivity contribution >= 4 is 12.2 Å². The van der Waals surface area contributed by atoms with E-state index in [1.54, 1.807) is 30.3 Å². The van der Waals surface area contributed by atoms with E-state index < -0.39 is 6.03 Å². The van der Waals surface area contributed by atoms with Gasteiger partial charge in [0.05, 0.1) is 25.0 Å². The lowest BCUT2D eigenvalue weighted by Crippen LogP contribution is -2.24. The summed E-state index contributed by atoms with van der Waals surface area (Å²) >= 11 is 0. The third-order valence-electron chi connectivity index (χ3n) is 3.10.